The van der Waals surface area contributed by atoms with Crippen LogP contribution in [0.4, 0.5) is 0 Å². The molecule has 0 atom stereocenters. The Labute approximate surface area is 60.4 Å². The molecule has 0 radical (unpaired) electrons. The summed E-state index contributed by atoms with van der Waals surface area (Å²) in [4.78, 5) is 28.7. The largest absolute Gasteiger partial charge is 0.475 e. The van der Waals surface area contributed by atoms with Gasteiger partial charge < -0.3 is 10.2 Å². The Kier molecular flexibility index (Phi) is 2.14. The van der Waals surface area contributed by atoms with Gasteiger partial charge in [-0.05, 0) is 0 Å². The number of carboxylic acids is 2. The van der Waals surface area contributed by atoms with Crippen molar-refractivity contribution in [2.24, 2.45) is 0 Å². The van der Waals surface area contributed by atoms with Crippen molar-refractivity contribution in [3.05, 3.63) is 10.1 Å². The molecule has 0 saturated heterocycles. The highest BCUT2D eigenvalue weighted by Crippen LogP contribution is 2.08. The van der Waals surface area contributed by atoms with E-state index < -0.39 is 22.4 Å². The molecule has 0 aromatic rings. The molecule has 0 aliphatic rings. The number of nitro groups is 1. The van der Waals surface area contributed by atoms with Crippen LogP contribution < -0.4 is 0 Å². The highest BCUT2D eigenvalue weighted by atomic mass is 16.6. The van der Waals surface area contributed by atoms with Crippen LogP contribution in [0.15, 0.2) is 0 Å². The molecule has 0 aromatic heterocycles. The first-order valence-corrected chi connectivity index (χ1v) is 2.44. The number of rotatable bonds is 3. The number of hydrogen-bond donors (Lipinski definition) is 2. The summed E-state index contributed by atoms with van der Waals surface area (Å²) >= 11 is 0. The summed E-state index contributed by atoms with van der Waals surface area (Å²) in [5, 5.41) is 26.2. The Morgan fingerprint density at radius 3 is 1.64 bits per heavy atom. The van der Waals surface area contributed by atoms with E-state index in [1.807, 2.05) is 0 Å². The maximum Gasteiger partial charge on any atom is 0.407 e. The van der Waals surface area contributed by atoms with Crippen molar-refractivity contribution in [1.82, 2.24) is 0 Å². The third-order valence-corrected chi connectivity index (χ3v) is 1.20. The monoisotopic (exact) mass is 163 g/mol. The molecule has 0 aliphatic carbocycles. The van der Waals surface area contributed by atoms with Crippen LogP contribution in [0.3, 0.4) is 0 Å². The molecule has 0 spiro atoms. The fourth-order valence-corrected chi connectivity index (χ4v) is 0.248. The number of carbonyl (C=O) groups is 2. The molecule has 0 aromatic carbocycles. The molecule has 0 aliphatic heterocycles. The van der Waals surface area contributed by atoms with E-state index in [0.29, 0.717) is 6.92 Å². The lowest BCUT2D eigenvalue weighted by atomic mass is 10.1. The number of carboxylic acid groups (broad SMARTS) is 2. The van der Waals surface area contributed by atoms with Crippen molar-refractivity contribution in [2.75, 3.05) is 0 Å². The lowest BCUT2D eigenvalue weighted by Crippen LogP contribution is -2.50. The summed E-state index contributed by atoms with van der Waals surface area (Å²) in [6.07, 6.45) is 0. The van der Waals surface area contributed by atoms with Crippen molar-refractivity contribution < 1.29 is 24.7 Å². The minimum Gasteiger partial charge on any atom is -0.475 e. The van der Waals surface area contributed by atoms with Gasteiger partial charge in [0, 0.05) is 11.8 Å². The Balaban J connectivity index is 4.99. The van der Waals surface area contributed by atoms with Gasteiger partial charge in [-0.3, -0.25) is 10.1 Å². The molecule has 11 heavy (non-hydrogen) atoms. The maximum atomic E-state index is 10.1. The Bertz CT molecular complexity index is 185. The predicted octanol–water partition coefficient (Wildman–Crippen LogP) is -0.809. The van der Waals surface area contributed by atoms with Crippen LogP contribution in [-0.2, 0) is 9.59 Å². The molecule has 0 amide bonds. The van der Waals surface area contributed by atoms with Crippen LogP contribution in [0.25, 0.3) is 0 Å². The van der Waals surface area contributed by atoms with E-state index in [1.54, 1.807) is 0 Å². The highest BCUT2D eigenvalue weighted by Gasteiger charge is 2.54. The van der Waals surface area contributed by atoms with Crippen LogP contribution in [-0.4, -0.2) is 32.6 Å². The fourth-order valence-electron chi connectivity index (χ4n) is 0.248. The zero-order chi connectivity index (χ0) is 9.23. The van der Waals surface area contributed by atoms with Crippen molar-refractivity contribution >= 4 is 11.9 Å². The Hall–Kier alpha value is -1.66. The topological polar surface area (TPSA) is 118 Å². The van der Waals surface area contributed by atoms with Gasteiger partial charge in [-0.15, -0.1) is 0 Å². The van der Waals surface area contributed by atoms with Crippen LogP contribution in [0.5, 0.6) is 0 Å². The zero-order valence-corrected chi connectivity index (χ0v) is 5.47. The van der Waals surface area contributed by atoms with Gasteiger partial charge >= 0.3 is 17.5 Å². The Morgan fingerprint density at radius 2 is 1.64 bits per heavy atom. The molecule has 0 rings (SSSR count). The summed E-state index contributed by atoms with van der Waals surface area (Å²) in [5.74, 6) is -3.98. The lowest BCUT2D eigenvalue weighted by molar-refractivity contribution is -0.536. The van der Waals surface area contributed by atoms with Gasteiger partial charge in [0.05, 0.1) is 0 Å². The van der Waals surface area contributed by atoms with Gasteiger partial charge in [0.15, 0.2) is 0 Å². The SMILES string of the molecule is CC(C(=O)O)(C(=O)O)[N+](=O)[O-]. The van der Waals surface area contributed by atoms with Gasteiger partial charge in [0.25, 0.3) is 0 Å². The minimum atomic E-state index is -2.94. The van der Waals surface area contributed by atoms with Crippen LogP contribution in [0.2, 0.25) is 0 Å². The van der Waals surface area contributed by atoms with Crippen molar-refractivity contribution in [3.63, 3.8) is 0 Å². The molecule has 0 saturated carbocycles. The second kappa shape index (κ2) is 2.52. The summed E-state index contributed by atoms with van der Waals surface area (Å²) < 4.78 is 0. The van der Waals surface area contributed by atoms with E-state index in [4.69, 9.17) is 10.2 Å². The van der Waals surface area contributed by atoms with Gasteiger partial charge in [-0.25, -0.2) is 9.59 Å². The second-order valence-electron chi connectivity index (χ2n) is 1.94. The van der Waals surface area contributed by atoms with Crippen LogP contribution >= 0.6 is 0 Å². The third-order valence-electron chi connectivity index (χ3n) is 1.20. The normalized spacial score (nSPS) is 10.6. The molecule has 62 valence electrons. The van der Waals surface area contributed by atoms with Gasteiger partial charge in [0.2, 0.25) is 0 Å². The predicted molar refractivity (Wildman–Crippen MR) is 30.7 cm³/mol. The van der Waals surface area contributed by atoms with Crippen molar-refractivity contribution in [3.8, 4) is 0 Å². The molecule has 7 heteroatoms. The van der Waals surface area contributed by atoms with E-state index in [0.717, 1.165) is 0 Å². The van der Waals surface area contributed by atoms with Crippen molar-refractivity contribution in [2.45, 2.75) is 12.5 Å². The molecule has 7 nitrogen and oxygen atoms in total. The minimum absolute atomic E-state index is 0.512. The first-order chi connectivity index (χ1) is 4.83. The van der Waals surface area contributed by atoms with Gasteiger partial charge in [-0.2, -0.15) is 0 Å². The van der Waals surface area contributed by atoms with E-state index in [-0.39, 0.29) is 0 Å². The zero-order valence-electron chi connectivity index (χ0n) is 5.47. The number of nitrogens with zero attached hydrogens (tertiary/aromatic N) is 1. The average Bonchev–Trinajstić information content (AvgIpc) is 1.84. The van der Waals surface area contributed by atoms with Crippen LogP contribution in [0, 0.1) is 10.1 Å². The third kappa shape index (κ3) is 1.26. The number of hydrogen-bond acceptors (Lipinski definition) is 4. The molecule has 0 heterocycles. The first-order valence-electron chi connectivity index (χ1n) is 2.44. The molecular formula is C4H5NO6. The molecule has 0 bridgehead atoms. The fraction of sp³-hybridized carbons (Fsp3) is 0.500. The standard InChI is InChI=1S/C4H5NO6/c1-4(2(6)7,3(8)9)5(10)11/h1H3,(H,6,7)(H,8,9). The van der Waals surface area contributed by atoms with E-state index in [1.165, 1.54) is 0 Å². The quantitative estimate of drug-likeness (QED) is 0.319. The lowest BCUT2D eigenvalue weighted by Gasteiger charge is -2.08. The Morgan fingerprint density at radius 1 is 1.36 bits per heavy atom. The summed E-state index contributed by atoms with van der Waals surface area (Å²) in [7, 11) is 0. The van der Waals surface area contributed by atoms with Crippen LogP contribution in [0.1, 0.15) is 6.92 Å². The number of aliphatic carboxylic acids is 2. The first kappa shape index (κ1) is 9.34. The van der Waals surface area contributed by atoms with Crippen molar-refractivity contribution in [1.29, 1.82) is 0 Å². The molecule has 0 fully saturated rings. The summed E-state index contributed by atoms with van der Waals surface area (Å²) in [6, 6.07) is 0. The average molecular weight is 163 g/mol. The van der Waals surface area contributed by atoms with Gasteiger partial charge in [-0.1, -0.05) is 0 Å². The van der Waals surface area contributed by atoms with E-state index in [2.05, 4.69) is 0 Å². The molecule has 0 unspecified atom stereocenters. The molecule has 2 N–H and O–H groups in total. The summed E-state index contributed by atoms with van der Waals surface area (Å²) in [5.41, 5.74) is -2.94. The van der Waals surface area contributed by atoms with E-state index >= 15 is 0 Å². The van der Waals surface area contributed by atoms with E-state index in [9.17, 15) is 19.7 Å². The maximum absolute atomic E-state index is 10.1. The van der Waals surface area contributed by atoms with Gasteiger partial charge in [0.1, 0.15) is 0 Å². The second-order valence-corrected chi connectivity index (χ2v) is 1.94. The summed E-state index contributed by atoms with van der Waals surface area (Å²) in [6.45, 7) is 0.512. The highest BCUT2D eigenvalue weighted by molar-refractivity contribution is 6.00. The molecular weight excluding hydrogens is 158 g/mol. The smallest absolute Gasteiger partial charge is 0.407 e.